The molecule has 11 heteroatoms. The molecular weight excluding hydrogens is 511 g/mol. The summed E-state index contributed by atoms with van der Waals surface area (Å²) in [5, 5.41) is 7.40. The molecule has 0 spiro atoms. The first-order chi connectivity index (χ1) is 17.9. The summed E-state index contributed by atoms with van der Waals surface area (Å²) < 4.78 is 56.3. The van der Waals surface area contributed by atoms with Crippen LogP contribution < -0.4 is 14.8 Å². The zero-order valence-electron chi connectivity index (χ0n) is 22.0. The number of aromatic nitrogens is 3. The number of aryl methyl sites for hydroxylation is 2. The van der Waals surface area contributed by atoms with Gasteiger partial charge >= 0.3 is 0 Å². The van der Waals surface area contributed by atoms with Crippen molar-refractivity contribution in [3.8, 4) is 11.6 Å². The number of benzene rings is 2. The van der Waals surface area contributed by atoms with E-state index in [1.54, 1.807) is 36.1 Å². The number of hydrogen-bond acceptors (Lipinski definition) is 6. The number of hydrogen-bond donors (Lipinski definition) is 1. The predicted molar refractivity (Wildman–Crippen MR) is 142 cm³/mol. The van der Waals surface area contributed by atoms with Gasteiger partial charge in [-0.15, -0.1) is 5.10 Å². The van der Waals surface area contributed by atoms with Gasteiger partial charge in [-0.3, -0.25) is 9.48 Å². The van der Waals surface area contributed by atoms with E-state index in [0.717, 1.165) is 15.6 Å². The van der Waals surface area contributed by atoms with Crippen LogP contribution in [0, 0.1) is 12.7 Å². The van der Waals surface area contributed by atoms with E-state index in [0.29, 0.717) is 16.8 Å². The third-order valence-corrected chi connectivity index (χ3v) is 7.88. The highest BCUT2D eigenvalue weighted by Crippen LogP contribution is 2.37. The van der Waals surface area contributed by atoms with Crippen molar-refractivity contribution in [2.75, 3.05) is 19.8 Å². The molecule has 0 aliphatic rings. The van der Waals surface area contributed by atoms with Crippen LogP contribution in [0.1, 0.15) is 31.9 Å². The van der Waals surface area contributed by atoms with E-state index in [9.17, 15) is 13.2 Å². The third-order valence-electron chi connectivity index (χ3n) is 6.19. The Bertz CT molecular complexity index is 1570. The van der Waals surface area contributed by atoms with Crippen LogP contribution in [0.25, 0.3) is 10.9 Å². The van der Waals surface area contributed by atoms with E-state index >= 15 is 4.39 Å². The standard InChI is InChI=1S/C27H31FN4O5S/c1-18-6-8-20(9-7-18)38(34,35)32-16-22(27(3,4)17-29-19(2)33)21-14-25(23(28)15-24(21)32)36-12-13-37-26-10-11-31(5)30-26/h6-11,14-16H,12-13,17H2,1-5H3,(H,29,33). The Morgan fingerprint density at radius 1 is 1.11 bits per heavy atom. The van der Waals surface area contributed by atoms with E-state index in [1.165, 1.54) is 31.3 Å². The van der Waals surface area contributed by atoms with Crippen molar-refractivity contribution in [1.82, 2.24) is 19.1 Å². The van der Waals surface area contributed by atoms with E-state index in [4.69, 9.17) is 9.47 Å². The molecule has 0 saturated heterocycles. The average Bonchev–Trinajstić information content (AvgIpc) is 3.44. The summed E-state index contributed by atoms with van der Waals surface area (Å²) in [5.74, 6) is -0.534. The first kappa shape index (κ1) is 27.2. The second-order valence-electron chi connectivity index (χ2n) is 9.77. The zero-order valence-corrected chi connectivity index (χ0v) is 22.8. The molecule has 0 aliphatic heterocycles. The molecule has 2 aromatic heterocycles. The maximum Gasteiger partial charge on any atom is 0.268 e. The number of rotatable bonds is 10. The van der Waals surface area contributed by atoms with E-state index in [2.05, 4.69) is 10.4 Å². The molecule has 0 atom stereocenters. The summed E-state index contributed by atoms with van der Waals surface area (Å²) in [6.07, 6.45) is 3.23. The summed E-state index contributed by atoms with van der Waals surface area (Å²) in [6, 6.07) is 10.8. The third kappa shape index (κ3) is 5.67. The van der Waals surface area contributed by atoms with Gasteiger partial charge in [0.15, 0.2) is 11.6 Å². The molecule has 0 bridgehead atoms. The lowest BCUT2D eigenvalue weighted by molar-refractivity contribution is -0.119. The monoisotopic (exact) mass is 542 g/mol. The number of carbonyl (C=O) groups is 1. The lowest BCUT2D eigenvalue weighted by Gasteiger charge is -2.24. The minimum Gasteiger partial charge on any atom is -0.487 e. The molecule has 2 aromatic carbocycles. The molecule has 0 radical (unpaired) electrons. The van der Waals surface area contributed by atoms with Crippen molar-refractivity contribution >= 4 is 26.8 Å². The summed E-state index contributed by atoms with van der Waals surface area (Å²) in [5.41, 5.74) is 1.02. The summed E-state index contributed by atoms with van der Waals surface area (Å²) in [4.78, 5) is 11.7. The lowest BCUT2D eigenvalue weighted by Crippen LogP contribution is -2.35. The molecular formula is C27H31FN4O5S. The number of ether oxygens (including phenoxy) is 2. The number of fused-ring (bicyclic) bond motifs is 1. The average molecular weight is 543 g/mol. The molecule has 0 aliphatic carbocycles. The minimum absolute atomic E-state index is 0.0378. The van der Waals surface area contributed by atoms with E-state index in [1.807, 2.05) is 20.8 Å². The van der Waals surface area contributed by atoms with Crippen LogP contribution in [0.5, 0.6) is 11.6 Å². The quantitative estimate of drug-likeness (QED) is 0.305. The highest BCUT2D eigenvalue weighted by atomic mass is 32.2. The molecule has 1 amide bonds. The van der Waals surface area contributed by atoms with Gasteiger partial charge in [0.1, 0.15) is 13.2 Å². The van der Waals surface area contributed by atoms with Gasteiger partial charge in [-0.1, -0.05) is 31.5 Å². The maximum absolute atomic E-state index is 15.2. The molecule has 4 rings (SSSR count). The van der Waals surface area contributed by atoms with Crippen molar-refractivity contribution < 1.29 is 27.1 Å². The largest absolute Gasteiger partial charge is 0.487 e. The first-order valence-electron chi connectivity index (χ1n) is 12.1. The lowest BCUT2D eigenvalue weighted by atomic mass is 9.84. The minimum atomic E-state index is -4.04. The molecule has 0 saturated carbocycles. The van der Waals surface area contributed by atoms with Gasteiger partial charge in [0.05, 0.1) is 10.4 Å². The summed E-state index contributed by atoms with van der Waals surface area (Å²) >= 11 is 0. The fourth-order valence-corrected chi connectivity index (χ4v) is 5.44. The number of nitrogens with zero attached hydrogens (tertiary/aromatic N) is 3. The number of nitrogens with one attached hydrogen (secondary N) is 1. The smallest absolute Gasteiger partial charge is 0.268 e. The Labute approximate surface area is 221 Å². The Kier molecular flexibility index (Phi) is 7.50. The Balaban J connectivity index is 1.73. The van der Waals surface area contributed by atoms with Gasteiger partial charge in [-0.05, 0) is 30.7 Å². The Morgan fingerprint density at radius 2 is 1.79 bits per heavy atom. The van der Waals surface area contributed by atoms with E-state index < -0.39 is 21.3 Å². The van der Waals surface area contributed by atoms with Crippen LogP contribution in [-0.2, 0) is 27.3 Å². The zero-order chi connectivity index (χ0) is 27.7. The highest BCUT2D eigenvalue weighted by molar-refractivity contribution is 7.90. The molecule has 0 unspecified atom stereocenters. The van der Waals surface area contributed by atoms with Crippen molar-refractivity contribution in [1.29, 1.82) is 0 Å². The van der Waals surface area contributed by atoms with Crippen molar-refractivity contribution in [3.05, 3.63) is 71.8 Å². The molecule has 38 heavy (non-hydrogen) atoms. The Morgan fingerprint density at radius 3 is 2.42 bits per heavy atom. The van der Waals surface area contributed by atoms with Gasteiger partial charge in [0.2, 0.25) is 11.8 Å². The fourth-order valence-electron chi connectivity index (χ4n) is 4.08. The van der Waals surface area contributed by atoms with Crippen LogP contribution in [-0.4, -0.2) is 47.8 Å². The summed E-state index contributed by atoms with van der Waals surface area (Å²) in [7, 11) is -2.27. The van der Waals surface area contributed by atoms with Gasteiger partial charge < -0.3 is 14.8 Å². The van der Waals surface area contributed by atoms with Gasteiger partial charge in [0.25, 0.3) is 10.0 Å². The number of carbonyl (C=O) groups excluding carboxylic acids is 1. The molecule has 1 N–H and O–H groups in total. The van der Waals surface area contributed by atoms with E-state index in [-0.39, 0.29) is 41.8 Å². The predicted octanol–water partition coefficient (Wildman–Crippen LogP) is 3.93. The van der Waals surface area contributed by atoms with Crippen molar-refractivity contribution in [2.24, 2.45) is 7.05 Å². The van der Waals surface area contributed by atoms with Crippen LogP contribution in [0.3, 0.4) is 0 Å². The number of halogens is 1. The number of amides is 1. The second kappa shape index (κ2) is 10.5. The first-order valence-corrected chi connectivity index (χ1v) is 13.5. The highest BCUT2D eigenvalue weighted by Gasteiger charge is 2.30. The maximum atomic E-state index is 15.2. The van der Waals surface area contributed by atoms with Crippen LogP contribution in [0.2, 0.25) is 0 Å². The van der Waals surface area contributed by atoms with Crippen LogP contribution in [0.4, 0.5) is 4.39 Å². The second-order valence-corrected chi connectivity index (χ2v) is 11.6. The molecule has 202 valence electrons. The molecule has 2 heterocycles. The fraction of sp³-hybridized carbons (Fsp3) is 0.333. The molecule has 9 nitrogen and oxygen atoms in total. The summed E-state index contributed by atoms with van der Waals surface area (Å²) in [6.45, 7) is 7.47. The topological polar surface area (TPSA) is 104 Å². The van der Waals surface area contributed by atoms with Crippen LogP contribution >= 0.6 is 0 Å². The molecule has 0 fully saturated rings. The SMILES string of the molecule is CC(=O)NCC(C)(C)c1cn(S(=O)(=O)c2ccc(C)cc2)c2cc(F)c(OCCOc3ccn(C)n3)cc12. The molecule has 4 aromatic rings. The van der Waals surface area contributed by atoms with Gasteiger partial charge in [-0.25, -0.2) is 16.8 Å². The normalized spacial score (nSPS) is 12.1. The van der Waals surface area contributed by atoms with Crippen LogP contribution in [0.15, 0.2) is 59.8 Å². The van der Waals surface area contributed by atoms with Crippen molar-refractivity contribution in [2.45, 2.75) is 38.0 Å². The van der Waals surface area contributed by atoms with Gasteiger partial charge in [0, 0.05) is 55.8 Å². The van der Waals surface area contributed by atoms with Gasteiger partial charge in [-0.2, -0.15) is 0 Å². The Hall–Kier alpha value is -3.86. The van der Waals surface area contributed by atoms with Crippen molar-refractivity contribution in [3.63, 3.8) is 0 Å².